The average Bonchev–Trinajstić information content (AvgIpc) is 2.21. The molecule has 14 heavy (non-hydrogen) atoms. The van der Waals surface area contributed by atoms with Crippen LogP contribution in [0.4, 0.5) is 0 Å². The number of pyridine rings is 1. The minimum atomic E-state index is 0.623. The SMILES string of the molecule is NCCNCc1ccc(CCCl)nc1. The molecule has 0 aliphatic heterocycles. The second-order valence-corrected chi connectivity index (χ2v) is 3.44. The van der Waals surface area contributed by atoms with Crippen LogP contribution in [-0.4, -0.2) is 24.0 Å². The maximum absolute atomic E-state index is 5.61. The van der Waals surface area contributed by atoms with Crippen molar-refractivity contribution >= 4 is 11.6 Å². The molecule has 0 fully saturated rings. The van der Waals surface area contributed by atoms with Crippen molar-refractivity contribution < 1.29 is 0 Å². The van der Waals surface area contributed by atoms with Gasteiger partial charge in [-0.05, 0) is 11.6 Å². The van der Waals surface area contributed by atoms with E-state index < -0.39 is 0 Å². The Morgan fingerprint density at radius 1 is 1.43 bits per heavy atom. The zero-order valence-corrected chi connectivity index (χ0v) is 8.93. The summed E-state index contributed by atoms with van der Waals surface area (Å²) in [5.74, 6) is 0.623. The van der Waals surface area contributed by atoms with Crippen LogP contribution in [-0.2, 0) is 13.0 Å². The third kappa shape index (κ3) is 4.05. The summed E-state index contributed by atoms with van der Waals surface area (Å²) < 4.78 is 0. The molecule has 0 saturated heterocycles. The first kappa shape index (κ1) is 11.4. The number of nitrogens with two attached hydrogens (primary N) is 1. The van der Waals surface area contributed by atoms with Crippen LogP contribution in [0, 0.1) is 0 Å². The number of rotatable bonds is 6. The molecule has 0 unspecified atom stereocenters. The zero-order valence-electron chi connectivity index (χ0n) is 8.17. The summed E-state index contributed by atoms with van der Waals surface area (Å²) in [6, 6.07) is 4.08. The highest BCUT2D eigenvalue weighted by Crippen LogP contribution is 2.01. The van der Waals surface area contributed by atoms with Gasteiger partial charge in [0, 0.05) is 43.8 Å². The van der Waals surface area contributed by atoms with Crippen molar-refractivity contribution in [1.29, 1.82) is 0 Å². The van der Waals surface area contributed by atoms with Crippen molar-refractivity contribution in [2.45, 2.75) is 13.0 Å². The number of halogens is 1. The lowest BCUT2D eigenvalue weighted by molar-refractivity contribution is 0.692. The predicted octanol–water partition coefficient (Wildman–Crippen LogP) is 0.911. The van der Waals surface area contributed by atoms with Crippen molar-refractivity contribution in [2.24, 2.45) is 5.73 Å². The fourth-order valence-corrected chi connectivity index (χ4v) is 1.33. The number of hydrogen-bond donors (Lipinski definition) is 2. The van der Waals surface area contributed by atoms with Gasteiger partial charge in [0.15, 0.2) is 0 Å². The molecule has 3 nitrogen and oxygen atoms in total. The maximum atomic E-state index is 5.61. The third-order valence-corrected chi connectivity index (χ3v) is 2.08. The van der Waals surface area contributed by atoms with Crippen molar-refractivity contribution in [3.8, 4) is 0 Å². The van der Waals surface area contributed by atoms with Crippen LogP contribution < -0.4 is 11.1 Å². The predicted molar refractivity (Wildman–Crippen MR) is 59.4 cm³/mol. The Kier molecular flexibility index (Phi) is 5.52. The first-order chi connectivity index (χ1) is 6.86. The Labute approximate surface area is 89.7 Å². The van der Waals surface area contributed by atoms with Gasteiger partial charge < -0.3 is 11.1 Å². The molecular weight excluding hydrogens is 198 g/mol. The van der Waals surface area contributed by atoms with Gasteiger partial charge in [0.05, 0.1) is 0 Å². The van der Waals surface area contributed by atoms with Gasteiger partial charge >= 0.3 is 0 Å². The van der Waals surface area contributed by atoms with E-state index in [9.17, 15) is 0 Å². The van der Waals surface area contributed by atoms with Crippen LogP contribution >= 0.6 is 11.6 Å². The molecule has 0 aliphatic rings. The molecule has 0 aromatic carbocycles. The molecule has 0 radical (unpaired) electrons. The van der Waals surface area contributed by atoms with E-state index in [0.717, 1.165) is 25.2 Å². The van der Waals surface area contributed by atoms with Gasteiger partial charge in [0.25, 0.3) is 0 Å². The standard InChI is InChI=1S/C10H16ClN3/c11-4-3-10-2-1-9(8-14-10)7-13-6-5-12/h1-2,8,13H,3-7,12H2. The van der Waals surface area contributed by atoms with E-state index in [1.165, 1.54) is 5.56 Å². The van der Waals surface area contributed by atoms with E-state index in [1.807, 2.05) is 12.3 Å². The molecule has 3 N–H and O–H groups in total. The average molecular weight is 214 g/mol. The van der Waals surface area contributed by atoms with Crippen LogP contribution in [0.3, 0.4) is 0 Å². The highest BCUT2D eigenvalue weighted by atomic mass is 35.5. The summed E-state index contributed by atoms with van der Waals surface area (Å²) in [4.78, 5) is 4.29. The second kappa shape index (κ2) is 6.76. The Bertz CT molecular complexity index is 248. The molecule has 0 atom stereocenters. The van der Waals surface area contributed by atoms with E-state index in [0.29, 0.717) is 12.4 Å². The van der Waals surface area contributed by atoms with Gasteiger partial charge in [-0.25, -0.2) is 0 Å². The van der Waals surface area contributed by atoms with Crippen LogP contribution in [0.15, 0.2) is 18.3 Å². The Hall–Kier alpha value is -0.640. The van der Waals surface area contributed by atoms with Gasteiger partial charge in [-0.1, -0.05) is 6.07 Å². The lowest BCUT2D eigenvalue weighted by atomic mass is 10.2. The van der Waals surface area contributed by atoms with E-state index >= 15 is 0 Å². The summed E-state index contributed by atoms with van der Waals surface area (Å²) in [7, 11) is 0. The van der Waals surface area contributed by atoms with E-state index in [-0.39, 0.29) is 0 Å². The van der Waals surface area contributed by atoms with E-state index in [1.54, 1.807) is 0 Å². The first-order valence-corrected chi connectivity index (χ1v) is 5.31. The van der Waals surface area contributed by atoms with Crippen LogP contribution in [0.5, 0.6) is 0 Å². The lowest BCUT2D eigenvalue weighted by Crippen LogP contribution is -2.21. The van der Waals surface area contributed by atoms with E-state index in [4.69, 9.17) is 17.3 Å². The fraction of sp³-hybridized carbons (Fsp3) is 0.500. The van der Waals surface area contributed by atoms with Crippen LogP contribution in [0.2, 0.25) is 0 Å². The van der Waals surface area contributed by atoms with Crippen LogP contribution in [0.1, 0.15) is 11.3 Å². The number of alkyl halides is 1. The lowest BCUT2D eigenvalue weighted by Gasteiger charge is -2.03. The summed E-state index contributed by atoms with van der Waals surface area (Å²) in [5, 5.41) is 3.21. The number of aryl methyl sites for hydroxylation is 1. The Balaban J connectivity index is 2.38. The summed E-state index contributed by atoms with van der Waals surface area (Å²) >= 11 is 5.61. The molecule has 0 saturated carbocycles. The normalized spacial score (nSPS) is 10.4. The van der Waals surface area contributed by atoms with E-state index in [2.05, 4.69) is 16.4 Å². The van der Waals surface area contributed by atoms with Crippen molar-refractivity contribution in [3.63, 3.8) is 0 Å². The van der Waals surface area contributed by atoms with Crippen molar-refractivity contribution in [3.05, 3.63) is 29.6 Å². The Morgan fingerprint density at radius 2 is 2.29 bits per heavy atom. The third-order valence-electron chi connectivity index (χ3n) is 1.89. The molecule has 0 amide bonds. The van der Waals surface area contributed by atoms with Gasteiger partial charge in [0.2, 0.25) is 0 Å². The largest absolute Gasteiger partial charge is 0.329 e. The maximum Gasteiger partial charge on any atom is 0.0415 e. The van der Waals surface area contributed by atoms with Gasteiger partial charge in [-0.2, -0.15) is 0 Å². The number of nitrogens with one attached hydrogen (secondary N) is 1. The Morgan fingerprint density at radius 3 is 2.86 bits per heavy atom. The summed E-state index contributed by atoms with van der Waals surface area (Å²) in [6.45, 7) is 2.33. The summed E-state index contributed by atoms with van der Waals surface area (Å²) in [5.41, 5.74) is 7.59. The molecule has 4 heteroatoms. The molecule has 78 valence electrons. The zero-order chi connectivity index (χ0) is 10.2. The number of aromatic nitrogens is 1. The number of nitrogens with zero attached hydrogens (tertiary/aromatic N) is 1. The van der Waals surface area contributed by atoms with Gasteiger partial charge in [-0.3, -0.25) is 4.98 Å². The topological polar surface area (TPSA) is 50.9 Å². The highest BCUT2D eigenvalue weighted by Gasteiger charge is 1.95. The number of hydrogen-bond acceptors (Lipinski definition) is 3. The van der Waals surface area contributed by atoms with Gasteiger partial charge in [-0.15, -0.1) is 11.6 Å². The molecular formula is C10H16ClN3. The van der Waals surface area contributed by atoms with Crippen molar-refractivity contribution in [2.75, 3.05) is 19.0 Å². The second-order valence-electron chi connectivity index (χ2n) is 3.06. The smallest absolute Gasteiger partial charge is 0.0415 e. The minimum Gasteiger partial charge on any atom is -0.329 e. The molecule has 0 bridgehead atoms. The minimum absolute atomic E-state index is 0.623. The molecule has 1 heterocycles. The monoisotopic (exact) mass is 213 g/mol. The molecule has 1 aromatic heterocycles. The quantitative estimate of drug-likeness (QED) is 0.546. The fourth-order valence-electron chi connectivity index (χ4n) is 1.14. The summed E-state index contributed by atoms with van der Waals surface area (Å²) in [6.07, 6.45) is 2.71. The van der Waals surface area contributed by atoms with Crippen molar-refractivity contribution in [1.82, 2.24) is 10.3 Å². The van der Waals surface area contributed by atoms with Crippen LogP contribution in [0.25, 0.3) is 0 Å². The molecule has 1 rings (SSSR count). The molecule has 1 aromatic rings. The first-order valence-electron chi connectivity index (χ1n) is 4.77. The molecule has 0 spiro atoms. The van der Waals surface area contributed by atoms with Gasteiger partial charge in [0.1, 0.15) is 0 Å². The highest BCUT2D eigenvalue weighted by molar-refractivity contribution is 6.17. The molecule has 0 aliphatic carbocycles.